The summed E-state index contributed by atoms with van der Waals surface area (Å²) in [7, 11) is 0. The third kappa shape index (κ3) is 1.98. The molecule has 0 bridgehead atoms. The van der Waals surface area contributed by atoms with Gasteiger partial charge in [-0.15, -0.1) is 0 Å². The second kappa shape index (κ2) is 3.38. The molecular weight excluding hydrogens is 200 g/mol. The highest BCUT2D eigenvalue weighted by Crippen LogP contribution is 2.40. The predicted molar refractivity (Wildman–Crippen MR) is 48.8 cm³/mol. The van der Waals surface area contributed by atoms with Crippen LogP contribution in [0, 0.1) is 0 Å². The SMILES string of the molecule is O=C(O)Cn1nc(C(=O)O)cc1C1CC1. The zero-order chi connectivity index (χ0) is 11.0. The summed E-state index contributed by atoms with van der Waals surface area (Å²) in [6, 6.07) is 1.46. The second-order valence-electron chi connectivity index (χ2n) is 3.59. The van der Waals surface area contributed by atoms with Gasteiger partial charge >= 0.3 is 11.9 Å². The molecule has 1 aliphatic rings. The van der Waals surface area contributed by atoms with Crippen molar-refractivity contribution in [3.05, 3.63) is 17.5 Å². The lowest BCUT2D eigenvalue weighted by molar-refractivity contribution is -0.137. The number of rotatable bonds is 4. The zero-order valence-electron chi connectivity index (χ0n) is 7.88. The molecule has 1 aromatic heterocycles. The molecule has 0 aliphatic heterocycles. The van der Waals surface area contributed by atoms with Crippen LogP contribution in [0.15, 0.2) is 6.07 Å². The summed E-state index contributed by atoms with van der Waals surface area (Å²) in [4.78, 5) is 21.2. The Bertz CT molecular complexity index is 420. The van der Waals surface area contributed by atoms with E-state index in [-0.39, 0.29) is 18.2 Å². The van der Waals surface area contributed by atoms with Crippen molar-refractivity contribution >= 4 is 11.9 Å². The van der Waals surface area contributed by atoms with E-state index in [9.17, 15) is 9.59 Å². The number of hydrogen-bond donors (Lipinski definition) is 2. The average Bonchev–Trinajstić information content (AvgIpc) is 2.88. The molecule has 15 heavy (non-hydrogen) atoms. The number of hydrogen-bond acceptors (Lipinski definition) is 3. The Morgan fingerprint density at radius 2 is 2.13 bits per heavy atom. The Kier molecular flexibility index (Phi) is 2.18. The van der Waals surface area contributed by atoms with Gasteiger partial charge in [0.15, 0.2) is 5.69 Å². The van der Waals surface area contributed by atoms with Crippen molar-refractivity contribution in [1.82, 2.24) is 9.78 Å². The van der Waals surface area contributed by atoms with Crippen LogP contribution < -0.4 is 0 Å². The molecule has 0 radical (unpaired) electrons. The molecule has 0 spiro atoms. The highest BCUT2D eigenvalue weighted by atomic mass is 16.4. The van der Waals surface area contributed by atoms with Gasteiger partial charge in [-0.3, -0.25) is 9.48 Å². The van der Waals surface area contributed by atoms with Crippen molar-refractivity contribution in [2.75, 3.05) is 0 Å². The van der Waals surface area contributed by atoms with Gasteiger partial charge < -0.3 is 10.2 Å². The van der Waals surface area contributed by atoms with Gasteiger partial charge in [0, 0.05) is 11.6 Å². The minimum atomic E-state index is -1.12. The van der Waals surface area contributed by atoms with E-state index in [0.717, 1.165) is 18.5 Å². The van der Waals surface area contributed by atoms with Crippen molar-refractivity contribution < 1.29 is 19.8 Å². The highest BCUT2D eigenvalue weighted by Gasteiger charge is 2.29. The van der Waals surface area contributed by atoms with Crippen LogP contribution in [-0.4, -0.2) is 31.9 Å². The molecule has 0 saturated heterocycles. The predicted octanol–water partition coefficient (Wildman–Crippen LogP) is 0.543. The largest absolute Gasteiger partial charge is 0.480 e. The topological polar surface area (TPSA) is 92.4 Å². The minimum absolute atomic E-state index is 0.0850. The van der Waals surface area contributed by atoms with Crippen LogP contribution in [0.3, 0.4) is 0 Å². The maximum absolute atomic E-state index is 10.7. The van der Waals surface area contributed by atoms with Crippen LogP contribution in [0.25, 0.3) is 0 Å². The fraction of sp³-hybridized carbons (Fsp3) is 0.444. The van der Waals surface area contributed by atoms with Crippen molar-refractivity contribution in [2.45, 2.75) is 25.3 Å². The lowest BCUT2D eigenvalue weighted by Gasteiger charge is -2.01. The summed E-state index contributed by atoms with van der Waals surface area (Å²) in [6.07, 6.45) is 1.95. The van der Waals surface area contributed by atoms with Gasteiger partial charge in [0.05, 0.1) is 0 Å². The summed E-state index contributed by atoms with van der Waals surface area (Å²) < 4.78 is 1.27. The number of aromatic nitrogens is 2. The number of aliphatic carboxylic acids is 1. The lowest BCUT2D eigenvalue weighted by Crippen LogP contribution is -2.13. The summed E-state index contributed by atoms with van der Waals surface area (Å²) >= 11 is 0. The first-order chi connectivity index (χ1) is 7.08. The Hall–Kier alpha value is -1.85. The Morgan fingerprint density at radius 1 is 1.47 bits per heavy atom. The third-order valence-corrected chi connectivity index (χ3v) is 2.31. The van der Waals surface area contributed by atoms with E-state index in [1.807, 2.05) is 0 Å². The van der Waals surface area contributed by atoms with Crippen LogP contribution in [-0.2, 0) is 11.3 Å². The van der Waals surface area contributed by atoms with Gasteiger partial charge in [0.1, 0.15) is 6.54 Å². The molecule has 0 unspecified atom stereocenters. The summed E-state index contributed by atoms with van der Waals surface area (Å²) in [5.41, 5.74) is 0.632. The summed E-state index contributed by atoms with van der Waals surface area (Å²) in [5, 5.41) is 21.1. The molecule has 1 heterocycles. The van der Waals surface area contributed by atoms with Crippen LogP contribution in [0.2, 0.25) is 0 Å². The van der Waals surface area contributed by atoms with E-state index < -0.39 is 11.9 Å². The molecule has 80 valence electrons. The van der Waals surface area contributed by atoms with Gasteiger partial charge in [0.2, 0.25) is 0 Å². The molecule has 1 saturated carbocycles. The van der Waals surface area contributed by atoms with Gasteiger partial charge in [-0.1, -0.05) is 0 Å². The number of carboxylic acid groups (broad SMARTS) is 2. The molecule has 1 aromatic rings. The molecule has 1 fully saturated rings. The van der Waals surface area contributed by atoms with Crippen molar-refractivity contribution in [2.24, 2.45) is 0 Å². The molecule has 2 N–H and O–H groups in total. The van der Waals surface area contributed by atoms with Crippen LogP contribution in [0.4, 0.5) is 0 Å². The van der Waals surface area contributed by atoms with Crippen LogP contribution >= 0.6 is 0 Å². The Morgan fingerprint density at radius 3 is 2.60 bits per heavy atom. The lowest BCUT2D eigenvalue weighted by atomic mass is 10.2. The molecule has 2 rings (SSSR count). The van der Waals surface area contributed by atoms with Gasteiger partial charge in [-0.2, -0.15) is 5.10 Å². The minimum Gasteiger partial charge on any atom is -0.480 e. The van der Waals surface area contributed by atoms with E-state index in [1.165, 1.54) is 10.7 Å². The van der Waals surface area contributed by atoms with E-state index in [4.69, 9.17) is 10.2 Å². The Balaban J connectivity index is 2.32. The molecule has 0 aromatic carbocycles. The highest BCUT2D eigenvalue weighted by molar-refractivity contribution is 5.85. The fourth-order valence-electron chi connectivity index (χ4n) is 1.50. The zero-order valence-corrected chi connectivity index (χ0v) is 7.88. The van der Waals surface area contributed by atoms with Crippen LogP contribution in [0.1, 0.15) is 34.9 Å². The molecule has 0 amide bonds. The van der Waals surface area contributed by atoms with Gasteiger partial charge in [-0.05, 0) is 18.9 Å². The normalized spacial score (nSPS) is 15.2. The summed E-state index contributed by atoms with van der Waals surface area (Å²) in [5.74, 6) is -1.86. The second-order valence-corrected chi connectivity index (χ2v) is 3.59. The first kappa shape index (κ1) is 9.70. The van der Waals surface area contributed by atoms with Crippen molar-refractivity contribution in [3.8, 4) is 0 Å². The number of carbonyl (C=O) groups is 2. The van der Waals surface area contributed by atoms with E-state index in [0.29, 0.717) is 0 Å². The molecule has 0 atom stereocenters. The fourth-order valence-corrected chi connectivity index (χ4v) is 1.50. The van der Waals surface area contributed by atoms with E-state index in [1.54, 1.807) is 0 Å². The van der Waals surface area contributed by atoms with E-state index in [2.05, 4.69) is 5.10 Å². The maximum atomic E-state index is 10.7. The quantitative estimate of drug-likeness (QED) is 0.756. The molecular formula is C9H10N2O4. The van der Waals surface area contributed by atoms with Crippen LogP contribution in [0.5, 0.6) is 0 Å². The molecule has 6 heteroatoms. The molecule has 6 nitrogen and oxygen atoms in total. The number of nitrogens with zero attached hydrogens (tertiary/aromatic N) is 2. The average molecular weight is 210 g/mol. The number of carboxylic acids is 2. The number of aromatic carboxylic acids is 1. The monoisotopic (exact) mass is 210 g/mol. The van der Waals surface area contributed by atoms with E-state index >= 15 is 0 Å². The first-order valence-corrected chi connectivity index (χ1v) is 4.60. The maximum Gasteiger partial charge on any atom is 0.356 e. The molecule has 1 aliphatic carbocycles. The van der Waals surface area contributed by atoms with Gasteiger partial charge in [0.25, 0.3) is 0 Å². The van der Waals surface area contributed by atoms with Crippen molar-refractivity contribution in [3.63, 3.8) is 0 Å². The van der Waals surface area contributed by atoms with Crippen molar-refractivity contribution in [1.29, 1.82) is 0 Å². The summed E-state index contributed by atoms with van der Waals surface area (Å²) in [6.45, 7) is -0.279. The standard InChI is InChI=1S/C9H10N2O4/c12-8(13)4-11-7(5-1-2-5)3-6(10-11)9(14)15/h3,5H,1-2,4H2,(H,12,13)(H,14,15). The smallest absolute Gasteiger partial charge is 0.356 e. The Labute approximate surface area is 85.1 Å². The van der Waals surface area contributed by atoms with Gasteiger partial charge in [-0.25, -0.2) is 4.79 Å². The first-order valence-electron chi connectivity index (χ1n) is 4.60. The third-order valence-electron chi connectivity index (χ3n) is 2.31.